The van der Waals surface area contributed by atoms with Gasteiger partial charge in [0, 0.05) is 24.3 Å². The van der Waals surface area contributed by atoms with Gasteiger partial charge in [-0.1, -0.05) is 31.4 Å². The van der Waals surface area contributed by atoms with Gasteiger partial charge in [-0.3, -0.25) is 14.6 Å². The summed E-state index contributed by atoms with van der Waals surface area (Å²) in [7, 11) is 0. The number of carbonyl (C=O) groups is 2. The van der Waals surface area contributed by atoms with Crippen LogP contribution in [-0.2, 0) is 4.79 Å². The average Bonchev–Trinajstić information content (AvgIpc) is 3.03. The molecule has 1 aliphatic heterocycles. The van der Waals surface area contributed by atoms with E-state index in [-0.39, 0.29) is 24.4 Å². The fourth-order valence-corrected chi connectivity index (χ4v) is 2.85. The predicted octanol–water partition coefficient (Wildman–Crippen LogP) is 2.66. The first-order chi connectivity index (χ1) is 11.6. The number of hydrogen-bond donors (Lipinski definition) is 1. The number of hydrogen-bond acceptors (Lipinski definition) is 3. The molecule has 1 saturated heterocycles. The van der Waals surface area contributed by atoms with Gasteiger partial charge >= 0.3 is 0 Å². The minimum atomic E-state index is -0.301. The molecule has 24 heavy (non-hydrogen) atoms. The number of pyridine rings is 1. The van der Waals surface area contributed by atoms with Crippen LogP contribution < -0.4 is 5.32 Å². The Hall–Kier alpha value is -2.69. The third kappa shape index (κ3) is 3.98. The normalized spacial score (nSPS) is 17.0. The fraction of sp³-hybridized carbons (Fsp3) is 0.316. The van der Waals surface area contributed by atoms with E-state index in [1.54, 1.807) is 36.6 Å². The lowest BCUT2D eigenvalue weighted by Gasteiger charge is -2.21. The van der Waals surface area contributed by atoms with Crippen LogP contribution in [0, 0.1) is 0 Å². The summed E-state index contributed by atoms with van der Waals surface area (Å²) in [5.41, 5.74) is 1.73. The summed E-state index contributed by atoms with van der Waals surface area (Å²) < 4.78 is 0. The summed E-state index contributed by atoms with van der Waals surface area (Å²) in [4.78, 5) is 30.7. The van der Waals surface area contributed by atoms with Crippen LogP contribution in [0.1, 0.15) is 41.4 Å². The Morgan fingerprint density at radius 1 is 1.46 bits per heavy atom. The molecule has 0 aromatic carbocycles. The minimum absolute atomic E-state index is 0.000465. The van der Waals surface area contributed by atoms with Gasteiger partial charge in [0.05, 0.1) is 17.8 Å². The highest BCUT2D eigenvalue weighted by Gasteiger charge is 2.25. The van der Waals surface area contributed by atoms with Crippen LogP contribution >= 0.6 is 0 Å². The van der Waals surface area contributed by atoms with E-state index < -0.39 is 0 Å². The Bertz CT molecular complexity index is 679. The molecule has 0 radical (unpaired) electrons. The molecule has 2 heterocycles. The van der Waals surface area contributed by atoms with Crippen LogP contribution in [0.2, 0.25) is 0 Å². The first-order valence-electron chi connectivity index (χ1n) is 8.06. The Morgan fingerprint density at radius 2 is 2.25 bits per heavy atom. The SMILES string of the molecule is C=C/C=C\c1c(C(=O)NCC(=O)N2CCCC2C)ccnc1C=C. The molecule has 1 atom stereocenters. The third-order valence-corrected chi connectivity index (χ3v) is 4.13. The van der Waals surface area contributed by atoms with Crippen LogP contribution in [0.3, 0.4) is 0 Å². The monoisotopic (exact) mass is 325 g/mol. The zero-order valence-corrected chi connectivity index (χ0v) is 14.0. The highest BCUT2D eigenvalue weighted by atomic mass is 16.2. The molecule has 0 saturated carbocycles. The van der Waals surface area contributed by atoms with Crippen LogP contribution in [0.5, 0.6) is 0 Å². The first-order valence-corrected chi connectivity index (χ1v) is 8.06. The quantitative estimate of drug-likeness (QED) is 0.818. The van der Waals surface area contributed by atoms with Gasteiger partial charge in [0.25, 0.3) is 5.91 Å². The van der Waals surface area contributed by atoms with E-state index in [9.17, 15) is 9.59 Å². The minimum Gasteiger partial charge on any atom is -0.343 e. The van der Waals surface area contributed by atoms with Crippen molar-refractivity contribution < 1.29 is 9.59 Å². The number of aromatic nitrogens is 1. The van der Waals surface area contributed by atoms with Gasteiger partial charge < -0.3 is 10.2 Å². The Morgan fingerprint density at radius 3 is 2.88 bits per heavy atom. The first kappa shape index (κ1) is 17.7. The molecule has 1 unspecified atom stereocenters. The Labute approximate surface area is 142 Å². The Kier molecular flexibility index (Phi) is 6.07. The highest BCUT2D eigenvalue weighted by molar-refractivity contribution is 6.00. The van der Waals surface area contributed by atoms with Gasteiger partial charge in [-0.25, -0.2) is 0 Å². The molecular formula is C19H23N3O2. The molecule has 1 N–H and O–H groups in total. The van der Waals surface area contributed by atoms with Crippen LogP contribution in [0.4, 0.5) is 0 Å². The zero-order valence-electron chi connectivity index (χ0n) is 14.0. The van der Waals surface area contributed by atoms with Gasteiger partial charge in [0.1, 0.15) is 0 Å². The van der Waals surface area contributed by atoms with Crippen LogP contribution in [0.15, 0.2) is 37.6 Å². The van der Waals surface area contributed by atoms with E-state index in [4.69, 9.17) is 0 Å². The van der Waals surface area contributed by atoms with Crippen molar-refractivity contribution in [2.45, 2.75) is 25.8 Å². The van der Waals surface area contributed by atoms with Crippen molar-refractivity contribution in [3.05, 3.63) is 54.4 Å². The number of allylic oxidation sites excluding steroid dienone is 2. The largest absolute Gasteiger partial charge is 0.343 e. The van der Waals surface area contributed by atoms with E-state index in [1.165, 1.54) is 0 Å². The van der Waals surface area contributed by atoms with Crippen molar-refractivity contribution in [2.75, 3.05) is 13.1 Å². The maximum Gasteiger partial charge on any atom is 0.252 e. The number of carbonyl (C=O) groups excluding carboxylic acids is 2. The summed E-state index contributed by atoms with van der Waals surface area (Å²) in [6, 6.07) is 1.88. The standard InChI is InChI=1S/C19H23N3O2/c1-4-6-9-15-16(10-11-20-17(15)5-2)19(24)21-13-18(23)22-12-7-8-14(22)3/h4-6,9-11,14H,1-2,7-8,12-13H2,3H3,(H,21,24)/b9-6-. The highest BCUT2D eigenvalue weighted by Crippen LogP contribution is 2.17. The van der Waals surface area contributed by atoms with E-state index in [0.717, 1.165) is 19.4 Å². The van der Waals surface area contributed by atoms with Gasteiger partial charge in [-0.15, -0.1) is 0 Å². The van der Waals surface area contributed by atoms with E-state index in [0.29, 0.717) is 16.8 Å². The Balaban J connectivity index is 2.12. The van der Waals surface area contributed by atoms with Gasteiger partial charge in [0.15, 0.2) is 0 Å². The molecule has 2 amide bonds. The lowest BCUT2D eigenvalue weighted by molar-refractivity contribution is -0.130. The molecule has 1 aliphatic rings. The third-order valence-electron chi connectivity index (χ3n) is 4.13. The molecule has 2 rings (SSSR count). The van der Waals surface area contributed by atoms with E-state index in [2.05, 4.69) is 23.5 Å². The molecule has 0 spiro atoms. The van der Waals surface area contributed by atoms with Crippen molar-refractivity contribution in [1.82, 2.24) is 15.2 Å². The summed E-state index contributed by atoms with van der Waals surface area (Å²) in [6.07, 6.45) is 10.3. The van der Waals surface area contributed by atoms with Gasteiger partial charge in [-0.05, 0) is 31.9 Å². The van der Waals surface area contributed by atoms with Crippen molar-refractivity contribution >= 4 is 24.0 Å². The summed E-state index contributed by atoms with van der Waals surface area (Å²) in [6.45, 7) is 10.1. The van der Waals surface area contributed by atoms with Crippen molar-refractivity contribution in [3.8, 4) is 0 Å². The molecule has 1 aromatic rings. The number of amides is 2. The molecule has 5 nitrogen and oxygen atoms in total. The van der Waals surface area contributed by atoms with Gasteiger partial charge in [0.2, 0.25) is 5.91 Å². The fourth-order valence-electron chi connectivity index (χ4n) is 2.85. The molecule has 0 bridgehead atoms. The molecule has 0 aliphatic carbocycles. The summed E-state index contributed by atoms with van der Waals surface area (Å²) in [5, 5.41) is 2.71. The average molecular weight is 325 g/mol. The second-order valence-corrected chi connectivity index (χ2v) is 5.72. The number of likely N-dealkylation sites (tertiary alicyclic amines) is 1. The van der Waals surface area contributed by atoms with Gasteiger partial charge in [-0.2, -0.15) is 0 Å². The number of rotatable bonds is 6. The number of nitrogens with zero attached hydrogens (tertiary/aromatic N) is 2. The van der Waals surface area contributed by atoms with Crippen LogP contribution in [-0.4, -0.2) is 40.8 Å². The molecule has 5 heteroatoms. The summed E-state index contributed by atoms with van der Waals surface area (Å²) in [5.74, 6) is -0.348. The molecule has 1 fully saturated rings. The van der Waals surface area contributed by atoms with Crippen molar-refractivity contribution in [1.29, 1.82) is 0 Å². The zero-order chi connectivity index (χ0) is 17.5. The molecule has 1 aromatic heterocycles. The van der Waals surface area contributed by atoms with E-state index in [1.807, 2.05) is 11.8 Å². The van der Waals surface area contributed by atoms with Crippen molar-refractivity contribution in [3.63, 3.8) is 0 Å². The number of nitrogens with one attached hydrogen (secondary N) is 1. The predicted molar refractivity (Wildman–Crippen MR) is 96.3 cm³/mol. The topological polar surface area (TPSA) is 62.3 Å². The van der Waals surface area contributed by atoms with E-state index >= 15 is 0 Å². The lowest BCUT2D eigenvalue weighted by Crippen LogP contribution is -2.41. The lowest BCUT2D eigenvalue weighted by atomic mass is 10.0. The van der Waals surface area contributed by atoms with Crippen LogP contribution in [0.25, 0.3) is 12.2 Å². The molecule has 126 valence electrons. The van der Waals surface area contributed by atoms with Crippen molar-refractivity contribution in [2.24, 2.45) is 0 Å². The smallest absolute Gasteiger partial charge is 0.252 e. The second-order valence-electron chi connectivity index (χ2n) is 5.72. The summed E-state index contributed by atoms with van der Waals surface area (Å²) >= 11 is 0. The maximum absolute atomic E-state index is 12.5. The molecular weight excluding hydrogens is 302 g/mol. The maximum atomic E-state index is 12.5. The second kappa shape index (κ2) is 8.24.